The molecule has 0 aliphatic rings. The molecule has 0 aliphatic carbocycles. The van der Waals surface area contributed by atoms with Crippen molar-refractivity contribution >= 4 is 22.3 Å². The van der Waals surface area contributed by atoms with Crippen molar-refractivity contribution in [3.05, 3.63) is 50.6 Å². The Bertz CT molecular complexity index is 973. The fourth-order valence-electron chi connectivity index (χ4n) is 2.65. The Kier molecular flexibility index (Phi) is 3.34. The number of hydrogen-bond donors (Lipinski definition) is 0. The number of allylic oxidation sites excluding steroid dienone is 2. The maximum atomic E-state index is 4.44. The van der Waals surface area contributed by atoms with Crippen LogP contribution in [0.2, 0.25) is 0 Å². The van der Waals surface area contributed by atoms with Gasteiger partial charge >= 0.3 is 0 Å². The van der Waals surface area contributed by atoms with Gasteiger partial charge in [0.05, 0.1) is 12.7 Å². The van der Waals surface area contributed by atoms with Crippen LogP contribution in [0.1, 0.15) is 0 Å². The highest BCUT2D eigenvalue weighted by Gasteiger charge is 2.17. The third-order valence-electron chi connectivity index (χ3n) is 3.68. The minimum absolute atomic E-state index is 0.625. The summed E-state index contributed by atoms with van der Waals surface area (Å²) in [6.45, 7) is 8.75. The van der Waals surface area contributed by atoms with Crippen molar-refractivity contribution in [3.63, 3.8) is 0 Å². The van der Waals surface area contributed by atoms with E-state index in [0.29, 0.717) is 35.5 Å². The summed E-state index contributed by atoms with van der Waals surface area (Å²) in [6.07, 6.45) is 10.0. The smallest absolute Gasteiger partial charge is 0.164 e. The molecular formula is C16H14N8. The van der Waals surface area contributed by atoms with Crippen molar-refractivity contribution in [2.24, 2.45) is 0 Å². The van der Waals surface area contributed by atoms with E-state index in [1.165, 1.54) is 12.7 Å². The SMILES string of the molecule is C=CCn1cnc2c(-c3ncnc4c3ncn4CC=C)ncnc21. The normalized spacial score (nSPS) is 11.2. The molecule has 0 aromatic carbocycles. The van der Waals surface area contributed by atoms with Crippen LogP contribution in [-0.2, 0) is 13.1 Å². The zero-order valence-corrected chi connectivity index (χ0v) is 12.9. The van der Waals surface area contributed by atoms with E-state index in [4.69, 9.17) is 0 Å². The van der Waals surface area contributed by atoms with Crippen LogP contribution in [-0.4, -0.2) is 39.0 Å². The van der Waals surface area contributed by atoms with Crippen LogP contribution in [0.4, 0.5) is 0 Å². The first-order valence-electron chi connectivity index (χ1n) is 7.37. The number of nitrogens with zero attached hydrogens (tertiary/aromatic N) is 8. The predicted molar refractivity (Wildman–Crippen MR) is 90.0 cm³/mol. The fourth-order valence-corrected chi connectivity index (χ4v) is 2.65. The summed E-state index contributed by atoms with van der Waals surface area (Å²) in [5, 5.41) is 0. The van der Waals surface area contributed by atoms with Gasteiger partial charge in [-0.3, -0.25) is 0 Å². The zero-order valence-electron chi connectivity index (χ0n) is 12.9. The molecule has 24 heavy (non-hydrogen) atoms. The molecule has 0 spiro atoms. The van der Waals surface area contributed by atoms with Crippen molar-refractivity contribution in [2.45, 2.75) is 13.1 Å². The van der Waals surface area contributed by atoms with Gasteiger partial charge in [0.2, 0.25) is 0 Å². The third-order valence-corrected chi connectivity index (χ3v) is 3.68. The van der Waals surface area contributed by atoms with Crippen molar-refractivity contribution in [1.82, 2.24) is 39.0 Å². The van der Waals surface area contributed by atoms with Crippen molar-refractivity contribution < 1.29 is 0 Å². The van der Waals surface area contributed by atoms with Crippen LogP contribution in [0.3, 0.4) is 0 Å². The summed E-state index contributed by atoms with van der Waals surface area (Å²) in [7, 11) is 0. The summed E-state index contributed by atoms with van der Waals surface area (Å²) < 4.78 is 3.81. The van der Waals surface area contributed by atoms with Gasteiger partial charge in [0.25, 0.3) is 0 Å². The summed E-state index contributed by atoms with van der Waals surface area (Å²) in [5.41, 5.74) is 4.10. The average molecular weight is 318 g/mol. The molecule has 4 aromatic rings. The third kappa shape index (κ3) is 2.08. The number of rotatable bonds is 5. The van der Waals surface area contributed by atoms with Gasteiger partial charge < -0.3 is 9.13 Å². The van der Waals surface area contributed by atoms with Gasteiger partial charge in [-0.2, -0.15) is 0 Å². The van der Waals surface area contributed by atoms with Gasteiger partial charge in [0, 0.05) is 13.1 Å². The topological polar surface area (TPSA) is 87.2 Å². The minimum atomic E-state index is 0.625. The summed E-state index contributed by atoms with van der Waals surface area (Å²) in [6, 6.07) is 0. The number of fused-ring (bicyclic) bond motifs is 2. The van der Waals surface area contributed by atoms with Crippen LogP contribution in [0, 0.1) is 0 Å². The zero-order chi connectivity index (χ0) is 16.5. The quantitative estimate of drug-likeness (QED) is 0.523. The van der Waals surface area contributed by atoms with Crippen LogP contribution in [0.25, 0.3) is 33.7 Å². The van der Waals surface area contributed by atoms with E-state index in [-0.39, 0.29) is 0 Å². The van der Waals surface area contributed by atoms with E-state index < -0.39 is 0 Å². The first-order chi connectivity index (χ1) is 11.8. The Labute approximate surface area is 137 Å². The molecule has 118 valence electrons. The molecule has 0 aliphatic heterocycles. The molecule has 4 aromatic heterocycles. The molecule has 0 fully saturated rings. The molecule has 4 rings (SSSR count). The molecule has 0 saturated heterocycles. The molecule has 0 bridgehead atoms. The van der Waals surface area contributed by atoms with Gasteiger partial charge in [-0.25, -0.2) is 29.9 Å². The highest BCUT2D eigenvalue weighted by atomic mass is 15.1. The number of hydrogen-bond acceptors (Lipinski definition) is 6. The van der Waals surface area contributed by atoms with Gasteiger partial charge in [-0.05, 0) is 0 Å². The van der Waals surface area contributed by atoms with Gasteiger partial charge in [0.1, 0.15) is 35.1 Å². The first kappa shape index (κ1) is 14.2. The van der Waals surface area contributed by atoms with Gasteiger partial charge in [-0.1, -0.05) is 12.2 Å². The lowest BCUT2D eigenvalue weighted by atomic mass is 10.2. The maximum Gasteiger partial charge on any atom is 0.164 e. The Morgan fingerprint density at radius 1 is 0.708 bits per heavy atom. The number of imidazole rings is 2. The van der Waals surface area contributed by atoms with Crippen molar-refractivity contribution in [2.75, 3.05) is 0 Å². The Balaban J connectivity index is 1.96. The van der Waals surface area contributed by atoms with Gasteiger partial charge in [0.15, 0.2) is 11.3 Å². The maximum absolute atomic E-state index is 4.44. The van der Waals surface area contributed by atoms with E-state index in [1.807, 2.05) is 9.13 Å². The van der Waals surface area contributed by atoms with Gasteiger partial charge in [-0.15, -0.1) is 13.2 Å². The second kappa shape index (κ2) is 5.65. The molecule has 8 nitrogen and oxygen atoms in total. The Hall–Kier alpha value is -3.42. The minimum Gasteiger partial charge on any atom is -0.311 e. The monoisotopic (exact) mass is 318 g/mol. The summed E-state index contributed by atoms with van der Waals surface area (Å²) in [4.78, 5) is 26.3. The standard InChI is InChI=1S/C16H14N8/c1-3-5-23-9-21-13-11(17-7-19-15(13)23)12-14-16(20-8-18-12)24(6-4-2)10-22-14/h3-4,7-10H,1-2,5-6H2. The van der Waals surface area contributed by atoms with Crippen LogP contribution in [0.5, 0.6) is 0 Å². The second-order valence-electron chi connectivity index (χ2n) is 5.16. The molecule has 4 heterocycles. The van der Waals surface area contributed by atoms with Crippen molar-refractivity contribution in [3.8, 4) is 11.4 Å². The molecule has 8 heteroatoms. The average Bonchev–Trinajstić information content (AvgIpc) is 3.20. The Morgan fingerprint density at radius 3 is 1.58 bits per heavy atom. The molecule has 0 atom stereocenters. The second-order valence-corrected chi connectivity index (χ2v) is 5.16. The van der Waals surface area contributed by atoms with E-state index in [2.05, 4.69) is 43.1 Å². The fraction of sp³-hybridized carbons (Fsp3) is 0.125. The first-order valence-corrected chi connectivity index (χ1v) is 7.37. The molecular weight excluding hydrogens is 304 g/mol. The summed E-state index contributed by atoms with van der Waals surface area (Å²) in [5.74, 6) is 0. The lowest BCUT2D eigenvalue weighted by Gasteiger charge is -2.03. The van der Waals surface area contributed by atoms with Crippen LogP contribution >= 0.6 is 0 Å². The van der Waals surface area contributed by atoms with Crippen LogP contribution < -0.4 is 0 Å². The highest BCUT2D eigenvalue weighted by molar-refractivity contribution is 5.95. The van der Waals surface area contributed by atoms with E-state index in [0.717, 1.165) is 11.3 Å². The molecule has 0 amide bonds. The van der Waals surface area contributed by atoms with E-state index in [1.54, 1.807) is 24.8 Å². The van der Waals surface area contributed by atoms with Crippen molar-refractivity contribution in [1.29, 1.82) is 0 Å². The van der Waals surface area contributed by atoms with E-state index in [9.17, 15) is 0 Å². The summed E-state index contributed by atoms with van der Waals surface area (Å²) >= 11 is 0. The van der Waals surface area contributed by atoms with Crippen LogP contribution in [0.15, 0.2) is 50.6 Å². The molecule has 0 radical (unpaired) electrons. The van der Waals surface area contributed by atoms with E-state index >= 15 is 0 Å². The number of aromatic nitrogens is 8. The largest absolute Gasteiger partial charge is 0.311 e. The molecule has 0 N–H and O–H groups in total. The lowest BCUT2D eigenvalue weighted by molar-refractivity contribution is 0.838. The lowest BCUT2D eigenvalue weighted by Crippen LogP contribution is -1.98. The molecule has 0 unspecified atom stereocenters. The Morgan fingerprint density at radius 2 is 1.17 bits per heavy atom. The highest BCUT2D eigenvalue weighted by Crippen LogP contribution is 2.27. The predicted octanol–water partition coefficient (Wildman–Crippen LogP) is 2.00. The molecule has 0 saturated carbocycles.